The number of aryl methyl sites for hydroxylation is 1. The molecule has 2 N–H and O–H groups in total. The van der Waals surface area contributed by atoms with Crippen molar-refractivity contribution in [3.8, 4) is 0 Å². The standard InChI is InChI=1S/C26H18Cl2F3N3O3/c1-2-14-5-3-4-6-20(14)34-24(36)21(28)22(25(34)37)32-16-9-7-15(8-10-16)23(35)33-17-11-12-19(27)18(13-17)26(29,30)31/h3-13,32H,2H2,1H3,(H,33,35). The largest absolute Gasteiger partial charge is 0.417 e. The average molecular weight is 548 g/mol. The summed E-state index contributed by atoms with van der Waals surface area (Å²) in [6, 6.07) is 15.8. The van der Waals surface area contributed by atoms with E-state index in [2.05, 4.69) is 10.6 Å². The number of hydrogen-bond donors (Lipinski definition) is 2. The van der Waals surface area contributed by atoms with E-state index >= 15 is 0 Å². The zero-order valence-electron chi connectivity index (χ0n) is 19.1. The fraction of sp³-hybridized carbons (Fsp3) is 0.115. The zero-order valence-corrected chi connectivity index (χ0v) is 20.6. The Morgan fingerprint density at radius 2 is 1.57 bits per heavy atom. The minimum absolute atomic E-state index is 0.0802. The molecule has 3 amide bonds. The van der Waals surface area contributed by atoms with Crippen LogP contribution in [0, 0.1) is 0 Å². The van der Waals surface area contributed by atoms with Crippen LogP contribution in [0.4, 0.5) is 30.2 Å². The highest BCUT2D eigenvalue weighted by Crippen LogP contribution is 2.36. The molecule has 0 radical (unpaired) electrons. The number of rotatable bonds is 6. The highest BCUT2D eigenvalue weighted by molar-refractivity contribution is 6.53. The number of alkyl halides is 3. The second-order valence-corrected chi connectivity index (χ2v) is 8.75. The molecule has 4 rings (SSSR count). The third-order valence-electron chi connectivity index (χ3n) is 5.59. The minimum Gasteiger partial charge on any atom is -0.350 e. The van der Waals surface area contributed by atoms with Gasteiger partial charge in [0.1, 0.15) is 10.7 Å². The molecule has 0 bridgehead atoms. The number of para-hydroxylation sites is 1. The summed E-state index contributed by atoms with van der Waals surface area (Å²) < 4.78 is 39.2. The number of benzene rings is 3. The monoisotopic (exact) mass is 547 g/mol. The summed E-state index contributed by atoms with van der Waals surface area (Å²) in [7, 11) is 0. The molecule has 0 aromatic heterocycles. The van der Waals surface area contributed by atoms with Crippen LogP contribution in [0.25, 0.3) is 0 Å². The van der Waals surface area contributed by atoms with Gasteiger partial charge in [-0.25, -0.2) is 4.90 Å². The smallest absolute Gasteiger partial charge is 0.350 e. The fourth-order valence-corrected chi connectivity index (χ4v) is 4.17. The third kappa shape index (κ3) is 5.33. The van der Waals surface area contributed by atoms with Crippen molar-refractivity contribution in [3.63, 3.8) is 0 Å². The molecule has 3 aromatic carbocycles. The lowest BCUT2D eigenvalue weighted by Crippen LogP contribution is -2.33. The summed E-state index contributed by atoms with van der Waals surface area (Å²) in [5.41, 5.74) is 0.483. The highest BCUT2D eigenvalue weighted by Gasteiger charge is 2.39. The molecule has 1 aliphatic rings. The molecule has 37 heavy (non-hydrogen) atoms. The van der Waals surface area contributed by atoms with Gasteiger partial charge in [0.2, 0.25) is 0 Å². The van der Waals surface area contributed by atoms with Crippen molar-refractivity contribution in [3.05, 3.63) is 99.2 Å². The maximum Gasteiger partial charge on any atom is 0.417 e. The molecule has 190 valence electrons. The molecular weight excluding hydrogens is 530 g/mol. The molecule has 3 aromatic rings. The molecule has 6 nitrogen and oxygen atoms in total. The molecule has 1 aliphatic heterocycles. The number of anilines is 3. The average Bonchev–Trinajstić information content (AvgIpc) is 3.07. The van der Waals surface area contributed by atoms with Crippen LogP contribution < -0.4 is 15.5 Å². The Labute approximate surface area is 219 Å². The van der Waals surface area contributed by atoms with Gasteiger partial charge in [-0.2, -0.15) is 13.2 Å². The first-order valence-corrected chi connectivity index (χ1v) is 11.7. The van der Waals surface area contributed by atoms with Crippen molar-refractivity contribution in [2.24, 2.45) is 0 Å². The first kappa shape index (κ1) is 26.2. The van der Waals surface area contributed by atoms with Gasteiger partial charge in [0.25, 0.3) is 17.7 Å². The molecule has 11 heteroatoms. The van der Waals surface area contributed by atoms with Crippen molar-refractivity contribution >= 4 is 58.0 Å². The van der Waals surface area contributed by atoms with Gasteiger partial charge in [-0.1, -0.05) is 48.3 Å². The predicted octanol–water partition coefficient (Wildman–Crippen LogP) is 6.61. The molecule has 0 fully saturated rings. The van der Waals surface area contributed by atoms with E-state index in [1.807, 2.05) is 13.0 Å². The van der Waals surface area contributed by atoms with Crippen LogP contribution in [-0.4, -0.2) is 17.7 Å². The number of amides is 3. The van der Waals surface area contributed by atoms with Crippen LogP contribution in [0.1, 0.15) is 28.4 Å². The summed E-state index contributed by atoms with van der Waals surface area (Å²) in [6.07, 6.45) is -4.07. The van der Waals surface area contributed by atoms with Crippen molar-refractivity contribution in [1.29, 1.82) is 0 Å². The van der Waals surface area contributed by atoms with Crippen LogP contribution in [-0.2, 0) is 22.2 Å². The van der Waals surface area contributed by atoms with E-state index in [1.165, 1.54) is 30.3 Å². The van der Waals surface area contributed by atoms with E-state index in [4.69, 9.17) is 23.2 Å². The van der Waals surface area contributed by atoms with Crippen molar-refractivity contribution < 1.29 is 27.6 Å². The van der Waals surface area contributed by atoms with Crippen LogP contribution in [0.5, 0.6) is 0 Å². The lowest BCUT2D eigenvalue weighted by molar-refractivity contribution is -0.137. The van der Waals surface area contributed by atoms with E-state index in [9.17, 15) is 27.6 Å². The summed E-state index contributed by atoms with van der Waals surface area (Å²) in [5.74, 6) is -1.94. The number of carbonyl (C=O) groups excluding carboxylic acids is 3. The van der Waals surface area contributed by atoms with Crippen LogP contribution >= 0.6 is 23.2 Å². The highest BCUT2D eigenvalue weighted by atomic mass is 35.5. The molecule has 0 spiro atoms. The van der Waals surface area contributed by atoms with Crippen molar-refractivity contribution in [2.45, 2.75) is 19.5 Å². The molecule has 0 saturated carbocycles. The van der Waals surface area contributed by atoms with Gasteiger partial charge in [-0.15, -0.1) is 0 Å². The first-order valence-electron chi connectivity index (χ1n) is 10.9. The van der Waals surface area contributed by atoms with Crippen molar-refractivity contribution in [1.82, 2.24) is 0 Å². The third-order valence-corrected chi connectivity index (χ3v) is 6.27. The topological polar surface area (TPSA) is 78.5 Å². The Morgan fingerprint density at radius 3 is 2.22 bits per heavy atom. The Balaban J connectivity index is 1.49. The van der Waals surface area contributed by atoms with Gasteiger partial charge in [0.05, 0.1) is 16.3 Å². The maximum atomic E-state index is 13.1. The second-order valence-electron chi connectivity index (χ2n) is 7.97. The number of imide groups is 1. The van der Waals surface area contributed by atoms with Gasteiger partial charge in [-0.05, 0) is 60.5 Å². The number of carbonyl (C=O) groups is 3. The number of nitrogens with zero attached hydrogens (tertiary/aromatic N) is 1. The lowest BCUT2D eigenvalue weighted by Gasteiger charge is -2.18. The first-order chi connectivity index (χ1) is 17.5. The van der Waals surface area contributed by atoms with Crippen LogP contribution in [0.3, 0.4) is 0 Å². The summed E-state index contributed by atoms with van der Waals surface area (Å²) in [6.45, 7) is 1.90. The van der Waals surface area contributed by atoms with Gasteiger partial charge in [0.15, 0.2) is 0 Å². The van der Waals surface area contributed by atoms with Crippen molar-refractivity contribution in [2.75, 3.05) is 15.5 Å². The van der Waals surface area contributed by atoms with E-state index in [-0.39, 0.29) is 22.0 Å². The molecular formula is C26H18Cl2F3N3O3. The van der Waals surface area contributed by atoms with Gasteiger partial charge in [0, 0.05) is 16.9 Å². The Bertz CT molecular complexity index is 1440. The quantitative estimate of drug-likeness (QED) is 0.340. The Kier molecular flexibility index (Phi) is 7.29. The maximum absolute atomic E-state index is 13.1. The summed E-state index contributed by atoms with van der Waals surface area (Å²) in [4.78, 5) is 39.3. The Hall–Kier alpha value is -3.82. The van der Waals surface area contributed by atoms with Crippen LogP contribution in [0.15, 0.2) is 77.5 Å². The van der Waals surface area contributed by atoms with Gasteiger partial charge < -0.3 is 10.6 Å². The van der Waals surface area contributed by atoms with Gasteiger partial charge >= 0.3 is 6.18 Å². The summed E-state index contributed by atoms with van der Waals surface area (Å²) in [5, 5.41) is 4.45. The van der Waals surface area contributed by atoms with E-state index in [1.54, 1.807) is 18.2 Å². The second kappa shape index (κ2) is 10.3. The molecule has 0 saturated heterocycles. The van der Waals surface area contributed by atoms with E-state index < -0.39 is 34.5 Å². The summed E-state index contributed by atoms with van der Waals surface area (Å²) >= 11 is 11.8. The van der Waals surface area contributed by atoms with Gasteiger partial charge in [-0.3, -0.25) is 14.4 Å². The fourth-order valence-electron chi connectivity index (χ4n) is 3.73. The molecule has 1 heterocycles. The SMILES string of the molecule is CCc1ccccc1N1C(=O)C(Cl)=C(Nc2ccc(C(=O)Nc3ccc(Cl)c(C(F)(F)F)c3)cc2)C1=O. The van der Waals surface area contributed by atoms with Crippen LogP contribution in [0.2, 0.25) is 5.02 Å². The number of nitrogens with one attached hydrogen (secondary N) is 2. The minimum atomic E-state index is -4.67. The number of halogens is 5. The molecule has 0 atom stereocenters. The lowest BCUT2D eigenvalue weighted by atomic mass is 10.1. The Morgan fingerprint density at radius 1 is 0.919 bits per heavy atom. The molecule has 0 unspecified atom stereocenters. The zero-order chi connectivity index (χ0) is 26.9. The van der Waals surface area contributed by atoms with E-state index in [0.29, 0.717) is 17.8 Å². The van der Waals surface area contributed by atoms with E-state index in [0.717, 1.165) is 22.6 Å². The number of hydrogen-bond acceptors (Lipinski definition) is 4. The normalized spacial score (nSPS) is 13.8. The predicted molar refractivity (Wildman–Crippen MR) is 136 cm³/mol. The molecule has 0 aliphatic carbocycles.